The molecule has 8 heteroatoms. The number of hydrogen-bond acceptors (Lipinski definition) is 6. The molecular formula is C12H12BrN7. The number of halogens is 1. The Morgan fingerprint density at radius 3 is 3.05 bits per heavy atom. The molecule has 0 saturated carbocycles. The molecule has 3 aromatic rings. The van der Waals surface area contributed by atoms with Crippen LogP contribution in [0.1, 0.15) is 5.69 Å². The van der Waals surface area contributed by atoms with E-state index in [0.29, 0.717) is 5.65 Å². The van der Waals surface area contributed by atoms with Crippen molar-refractivity contribution in [2.45, 2.75) is 12.6 Å². The molecule has 0 aliphatic carbocycles. The van der Waals surface area contributed by atoms with Crippen molar-refractivity contribution in [1.29, 1.82) is 0 Å². The average Bonchev–Trinajstić information content (AvgIpc) is 2.87. The first-order valence-corrected chi connectivity index (χ1v) is 7.12. The minimum Gasteiger partial charge on any atom is -0.325 e. The summed E-state index contributed by atoms with van der Waals surface area (Å²) in [6.07, 6.45) is 3.44. The van der Waals surface area contributed by atoms with Crippen LogP contribution in [0.5, 0.6) is 0 Å². The summed E-state index contributed by atoms with van der Waals surface area (Å²) in [5.74, 6) is 0. The van der Waals surface area contributed by atoms with Crippen LogP contribution >= 0.6 is 15.9 Å². The van der Waals surface area contributed by atoms with Gasteiger partial charge in [0.05, 0.1) is 5.52 Å². The van der Waals surface area contributed by atoms with E-state index in [0.717, 1.165) is 41.0 Å². The molecule has 3 aromatic heterocycles. The fourth-order valence-electron chi connectivity index (χ4n) is 2.53. The molecule has 102 valence electrons. The number of hydrogen-bond donors (Lipinski definition) is 1. The van der Waals surface area contributed by atoms with Gasteiger partial charge in [0.2, 0.25) is 0 Å². The third kappa shape index (κ3) is 1.88. The summed E-state index contributed by atoms with van der Waals surface area (Å²) in [5, 5.41) is 8.17. The molecule has 7 nitrogen and oxygen atoms in total. The topological polar surface area (TPSA) is 85.2 Å². The lowest BCUT2D eigenvalue weighted by Gasteiger charge is -2.36. The summed E-state index contributed by atoms with van der Waals surface area (Å²) in [7, 11) is 0. The molecule has 0 bridgehead atoms. The van der Waals surface area contributed by atoms with Crippen LogP contribution in [0.2, 0.25) is 0 Å². The first-order valence-electron chi connectivity index (χ1n) is 6.32. The molecule has 1 aliphatic heterocycles. The maximum absolute atomic E-state index is 5.81. The summed E-state index contributed by atoms with van der Waals surface area (Å²) < 4.78 is 2.83. The fraction of sp³-hybridized carbons (Fsp3) is 0.333. The Balaban J connectivity index is 1.86. The molecule has 0 unspecified atom stereocenters. The Bertz CT molecular complexity index is 793. The third-order valence-corrected chi connectivity index (χ3v) is 3.91. The van der Waals surface area contributed by atoms with E-state index in [9.17, 15) is 0 Å². The van der Waals surface area contributed by atoms with Gasteiger partial charge < -0.3 is 5.73 Å². The number of likely N-dealkylation sites (tertiary alicyclic amines) is 1. The van der Waals surface area contributed by atoms with E-state index in [2.05, 4.69) is 41.0 Å². The van der Waals surface area contributed by atoms with Gasteiger partial charge in [-0.25, -0.2) is 9.97 Å². The maximum atomic E-state index is 5.81. The maximum Gasteiger partial charge on any atom is 0.184 e. The van der Waals surface area contributed by atoms with Gasteiger partial charge in [0.25, 0.3) is 0 Å². The van der Waals surface area contributed by atoms with E-state index >= 15 is 0 Å². The molecule has 20 heavy (non-hydrogen) atoms. The Hall–Kier alpha value is -1.64. The van der Waals surface area contributed by atoms with Crippen LogP contribution in [0.25, 0.3) is 16.8 Å². The lowest BCUT2D eigenvalue weighted by molar-refractivity contribution is 0.141. The number of fused-ring (bicyclic) bond motifs is 3. The minimum atomic E-state index is 0.276. The van der Waals surface area contributed by atoms with Crippen LogP contribution in [0, 0.1) is 0 Å². The average molecular weight is 334 g/mol. The zero-order valence-corrected chi connectivity index (χ0v) is 12.2. The SMILES string of the molecule is NC1CN(Cc2nc3ncc(Br)cc3n3cnnc23)C1. The van der Waals surface area contributed by atoms with Crippen LogP contribution in [0.15, 0.2) is 23.1 Å². The highest BCUT2D eigenvalue weighted by molar-refractivity contribution is 9.10. The van der Waals surface area contributed by atoms with Crippen molar-refractivity contribution in [3.05, 3.63) is 28.8 Å². The summed E-state index contributed by atoms with van der Waals surface area (Å²) in [6.45, 7) is 2.52. The highest BCUT2D eigenvalue weighted by Gasteiger charge is 2.24. The Morgan fingerprint density at radius 2 is 2.25 bits per heavy atom. The minimum absolute atomic E-state index is 0.276. The Morgan fingerprint density at radius 1 is 1.40 bits per heavy atom. The predicted molar refractivity (Wildman–Crippen MR) is 77.0 cm³/mol. The van der Waals surface area contributed by atoms with Crippen molar-refractivity contribution in [1.82, 2.24) is 29.5 Å². The quantitative estimate of drug-likeness (QED) is 0.738. The van der Waals surface area contributed by atoms with Gasteiger partial charge >= 0.3 is 0 Å². The van der Waals surface area contributed by atoms with Gasteiger partial charge in [-0.3, -0.25) is 9.30 Å². The third-order valence-electron chi connectivity index (χ3n) is 3.48. The Kier molecular flexibility index (Phi) is 2.69. The van der Waals surface area contributed by atoms with Gasteiger partial charge in [-0.1, -0.05) is 0 Å². The zero-order chi connectivity index (χ0) is 13.7. The molecule has 4 rings (SSSR count). The van der Waals surface area contributed by atoms with Crippen molar-refractivity contribution >= 4 is 32.7 Å². The molecule has 1 aliphatic rings. The largest absolute Gasteiger partial charge is 0.325 e. The van der Waals surface area contributed by atoms with Crippen molar-refractivity contribution in [2.24, 2.45) is 5.73 Å². The number of pyridine rings is 1. The molecule has 2 N–H and O–H groups in total. The lowest BCUT2D eigenvalue weighted by Crippen LogP contribution is -2.55. The molecular weight excluding hydrogens is 322 g/mol. The Labute approximate surface area is 122 Å². The number of nitrogens with zero attached hydrogens (tertiary/aromatic N) is 6. The van der Waals surface area contributed by atoms with E-state index in [-0.39, 0.29) is 6.04 Å². The van der Waals surface area contributed by atoms with E-state index in [4.69, 9.17) is 5.73 Å². The van der Waals surface area contributed by atoms with Gasteiger partial charge in [0.1, 0.15) is 12.0 Å². The molecule has 0 radical (unpaired) electrons. The standard InChI is InChI=1S/C12H12BrN7/c13-7-1-10-11(15-2-7)17-9(5-19-3-8(14)4-19)12-18-16-6-20(10)12/h1-2,6,8H,3-5,14H2. The second-order valence-electron chi connectivity index (χ2n) is 5.03. The number of nitrogens with two attached hydrogens (primary N) is 1. The molecule has 0 aromatic carbocycles. The predicted octanol–water partition coefficient (Wildman–Crippen LogP) is 0.578. The normalized spacial score (nSPS) is 16.9. The molecule has 1 saturated heterocycles. The van der Waals surface area contributed by atoms with E-state index in [1.165, 1.54) is 0 Å². The van der Waals surface area contributed by atoms with E-state index < -0.39 is 0 Å². The van der Waals surface area contributed by atoms with E-state index in [1.807, 2.05) is 10.5 Å². The highest BCUT2D eigenvalue weighted by atomic mass is 79.9. The van der Waals surface area contributed by atoms with Gasteiger partial charge in [-0.05, 0) is 22.0 Å². The summed E-state index contributed by atoms with van der Waals surface area (Å²) >= 11 is 3.43. The summed E-state index contributed by atoms with van der Waals surface area (Å²) in [4.78, 5) is 11.2. The molecule has 4 heterocycles. The molecule has 1 fully saturated rings. The van der Waals surface area contributed by atoms with Gasteiger partial charge in [-0.2, -0.15) is 0 Å². The number of rotatable bonds is 2. The first kappa shape index (κ1) is 12.1. The summed E-state index contributed by atoms with van der Waals surface area (Å²) in [5.41, 5.74) is 9.06. The van der Waals surface area contributed by atoms with Crippen LogP contribution in [0.4, 0.5) is 0 Å². The molecule has 0 atom stereocenters. The number of aromatic nitrogens is 5. The van der Waals surface area contributed by atoms with Crippen molar-refractivity contribution < 1.29 is 0 Å². The van der Waals surface area contributed by atoms with Gasteiger partial charge in [-0.15, -0.1) is 10.2 Å². The smallest absolute Gasteiger partial charge is 0.184 e. The monoisotopic (exact) mass is 333 g/mol. The van der Waals surface area contributed by atoms with Crippen LogP contribution in [-0.2, 0) is 6.54 Å². The zero-order valence-electron chi connectivity index (χ0n) is 10.6. The molecule has 0 amide bonds. The van der Waals surface area contributed by atoms with Gasteiger partial charge in [0, 0.05) is 36.3 Å². The van der Waals surface area contributed by atoms with Crippen LogP contribution in [0.3, 0.4) is 0 Å². The van der Waals surface area contributed by atoms with Crippen molar-refractivity contribution in [3.8, 4) is 0 Å². The summed E-state index contributed by atoms with van der Waals surface area (Å²) in [6, 6.07) is 2.24. The fourth-order valence-corrected chi connectivity index (χ4v) is 2.85. The molecule has 0 spiro atoms. The second-order valence-corrected chi connectivity index (χ2v) is 5.95. The van der Waals surface area contributed by atoms with Gasteiger partial charge in [0.15, 0.2) is 11.3 Å². The highest BCUT2D eigenvalue weighted by Crippen LogP contribution is 2.20. The van der Waals surface area contributed by atoms with Crippen LogP contribution in [-0.4, -0.2) is 48.6 Å². The van der Waals surface area contributed by atoms with E-state index in [1.54, 1.807) is 12.5 Å². The van der Waals surface area contributed by atoms with Crippen molar-refractivity contribution in [2.75, 3.05) is 13.1 Å². The second kappa shape index (κ2) is 4.44. The van der Waals surface area contributed by atoms with Crippen LogP contribution < -0.4 is 5.73 Å². The van der Waals surface area contributed by atoms with Crippen molar-refractivity contribution in [3.63, 3.8) is 0 Å². The first-order chi connectivity index (χ1) is 9.70. The lowest BCUT2D eigenvalue weighted by atomic mass is 10.1.